The third-order valence-electron chi connectivity index (χ3n) is 7.93. The lowest BCUT2D eigenvalue weighted by atomic mass is 9.89. The average molecular weight is 487 g/mol. The largest absolute Gasteiger partial charge is 0.321 e. The van der Waals surface area contributed by atoms with Gasteiger partial charge in [0, 0.05) is 42.8 Å². The molecule has 188 valence electrons. The number of aromatic amines is 1. The van der Waals surface area contributed by atoms with Crippen LogP contribution in [0.5, 0.6) is 0 Å². The van der Waals surface area contributed by atoms with Gasteiger partial charge in [0.2, 0.25) is 0 Å². The standard InChI is InChI=1S/C25H32F2N6O2/c1-14-12-32(15(2)11-31(14)17-6-5-7-17)24(35)33-13-19-21(25(33,3)4)29-30-22(19)28-23(34)18-9-8-16(26)10-20(18)27/h8-10,14-15,17H,5-7,11-13H2,1-4H3,(H2,28,29,30,34)/t14-,15+/m1/s1. The van der Waals surface area contributed by atoms with Crippen molar-refractivity contribution in [3.8, 4) is 0 Å². The molecule has 8 nitrogen and oxygen atoms in total. The van der Waals surface area contributed by atoms with E-state index in [4.69, 9.17) is 0 Å². The first-order chi connectivity index (χ1) is 16.6. The van der Waals surface area contributed by atoms with Gasteiger partial charge in [0.05, 0.1) is 23.3 Å². The van der Waals surface area contributed by atoms with Gasteiger partial charge in [-0.3, -0.25) is 14.8 Å². The van der Waals surface area contributed by atoms with Crippen molar-refractivity contribution in [2.45, 2.75) is 77.2 Å². The molecule has 1 aliphatic carbocycles. The van der Waals surface area contributed by atoms with Crippen molar-refractivity contribution < 1.29 is 18.4 Å². The predicted molar refractivity (Wildman–Crippen MR) is 127 cm³/mol. The Labute approximate surface area is 203 Å². The van der Waals surface area contributed by atoms with Crippen LogP contribution in [-0.2, 0) is 12.1 Å². The van der Waals surface area contributed by atoms with E-state index in [2.05, 4.69) is 34.3 Å². The number of carbonyl (C=O) groups is 2. The van der Waals surface area contributed by atoms with E-state index in [0.717, 1.165) is 24.4 Å². The van der Waals surface area contributed by atoms with Crippen molar-refractivity contribution in [3.63, 3.8) is 0 Å². The monoisotopic (exact) mass is 486 g/mol. The van der Waals surface area contributed by atoms with Gasteiger partial charge in [-0.05, 0) is 52.7 Å². The fourth-order valence-corrected chi connectivity index (χ4v) is 5.58. The molecule has 3 heterocycles. The van der Waals surface area contributed by atoms with Crippen LogP contribution in [0.15, 0.2) is 18.2 Å². The van der Waals surface area contributed by atoms with Gasteiger partial charge in [-0.15, -0.1) is 0 Å². The van der Waals surface area contributed by atoms with Crippen LogP contribution in [0.2, 0.25) is 0 Å². The van der Waals surface area contributed by atoms with Gasteiger partial charge in [0.1, 0.15) is 11.6 Å². The van der Waals surface area contributed by atoms with Gasteiger partial charge >= 0.3 is 6.03 Å². The number of aromatic nitrogens is 2. The Bertz CT molecular complexity index is 1160. The first kappa shape index (κ1) is 23.7. The number of rotatable bonds is 3. The number of H-pyrrole nitrogens is 1. The Morgan fingerprint density at radius 2 is 1.89 bits per heavy atom. The second-order valence-corrected chi connectivity index (χ2v) is 10.6. The van der Waals surface area contributed by atoms with Crippen LogP contribution in [0.25, 0.3) is 0 Å². The van der Waals surface area contributed by atoms with E-state index < -0.39 is 23.1 Å². The molecular weight excluding hydrogens is 454 g/mol. The Kier molecular flexibility index (Phi) is 5.82. The Hall–Kier alpha value is -3.01. The molecule has 0 unspecified atom stereocenters. The summed E-state index contributed by atoms with van der Waals surface area (Å²) in [5.41, 5.74) is 0.473. The molecule has 0 radical (unpaired) electrons. The number of halogens is 2. The number of urea groups is 1. The Balaban J connectivity index is 1.32. The lowest BCUT2D eigenvalue weighted by molar-refractivity contribution is -0.00469. The number of nitrogens with zero attached hydrogens (tertiary/aromatic N) is 4. The van der Waals surface area contributed by atoms with E-state index in [1.165, 1.54) is 19.3 Å². The van der Waals surface area contributed by atoms with E-state index >= 15 is 0 Å². The lowest BCUT2D eigenvalue weighted by Gasteiger charge is -2.51. The average Bonchev–Trinajstić information content (AvgIpc) is 3.26. The molecule has 1 aromatic carbocycles. The summed E-state index contributed by atoms with van der Waals surface area (Å²) in [5, 5.41) is 9.80. The van der Waals surface area contributed by atoms with Gasteiger partial charge < -0.3 is 15.1 Å². The number of carbonyl (C=O) groups excluding carboxylic acids is 2. The van der Waals surface area contributed by atoms with E-state index in [-0.39, 0.29) is 30.0 Å². The molecule has 1 saturated heterocycles. The molecule has 1 aromatic heterocycles. The lowest BCUT2D eigenvalue weighted by Crippen LogP contribution is -2.64. The number of amides is 3. The van der Waals surface area contributed by atoms with Gasteiger partial charge in [-0.1, -0.05) is 6.42 Å². The summed E-state index contributed by atoms with van der Waals surface area (Å²) in [6.07, 6.45) is 3.76. The number of hydrogen-bond acceptors (Lipinski definition) is 4. The maximum absolute atomic E-state index is 14.1. The summed E-state index contributed by atoms with van der Waals surface area (Å²) < 4.78 is 27.3. The highest BCUT2D eigenvalue weighted by Gasteiger charge is 2.47. The van der Waals surface area contributed by atoms with Crippen molar-refractivity contribution in [1.82, 2.24) is 24.9 Å². The van der Waals surface area contributed by atoms with Crippen molar-refractivity contribution >= 4 is 17.8 Å². The zero-order valence-corrected chi connectivity index (χ0v) is 20.6. The molecular formula is C25H32F2N6O2. The van der Waals surface area contributed by atoms with Gasteiger partial charge in [0.25, 0.3) is 5.91 Å². The molecule has 0 bridgehead atoms. The van der Waals surface area contributed by atoms with E-state index in [0.29, 0.717) is 30.3 Å². The molecule has 1 saturated carbocycles. The molecule has 2 aromatic rings. The minimum atomic E-state index is -0.948. The van der Waals surface area contributed by atoms with Gasteiger partial charge in [-0.25, -0.2) is 13.6 Å². The van der Waals surface area contributed by atoms with Crippen molar-refractivity contribution in [2.75, 3.05) is 18.4 Å². The summed E-state index contributed by atoms with van der Waals surface area (Å²) in [6, 6.07) is 3.77. The minimum Gasteiger partial charge on any atom is -0.319 e. The molecule has 0 spiro atoms. The fraction of sp³-hybridized carbons (Fsp3) is 0.560. The number of nitrogens with one attached hydrogen (secondary N) is 2. The molecule has 2 aliphatic heterocycles. The minimum absolute atomic E-state index is 0.0472. The molecule has 35 heavy (non-hydrogen) atoms. The topological polar surface area (TPSA) is 84.6 Å². The Morgan fingerprint density at radius 1 is 1.14 bits per heavy atom. The summed E-state index contributed by atoms with van der Waals surface area (Å²) in [6.45, 7) is 9.98. The number of hydrogen-bond donors (Lipinski definition) is 2. The highest BCUT2D eigenvalue weighted by Crippen LogP contribution is 2.42. The van der Waals surface area contributed by atoms with Crippen LogP contribution < -0.4 is 5.32 Å². The quantitative estimate of drug-likeness (QED) is 0.685. The maximum atomic E-state index is 14.1. The molecule has 2 N–H and O–H groups in total. The van der Waals surface area contributed by atoms with Crippen LogP contribution in [0.3, 0.4) is 0 Å². The van der Waals surface area contributed by atoms with E-state index in [1.54, 1.807) is 4.90 Å². The Morgan fingerprint density at radius 3 is 2.54 bits per heavy atom. The zero-order valence-electron chi connectivity index (χ0n) is 20.6. The summed E-state index contributed by atoms with van der Waals surface area (Å²) in [4.78, 5) is 32.7. The van der Waals surface area contributed by atoms with Crippen molar-refractivity contribution in [1.29, 1.82) is 0 Å². The van der Waals surface area contributed by atoms with Crippen LogP contribution in [-0.4, -0.2) is 68.1 Å². The number of benzene rings is 1. The SMILES string of the molecule is C[C@@H]1CN(C(=O)N2Cc3c(NC(=O)c4ccc(F)cc4F)n[nH]c3C2(C)C)[C@@H](C)CN1C1CCC1. The third-order valence-corrected chi connectivity index (χ3v) is 7.93. The van der Waals surface area contributed by atoms with Gasteiger partial charge in [0.15, 0.2) is 5.82 Å². The van der Waals surface area contributed by atoms with Crippen LogP contribution in [0, 0.1) is 11.6 Å². The maximum Gasteiger partial charge on any atom is 0.321 e. The van der Waals surface area contributed by atoms with Crippen LogP contribution in [0.1, 0.15) is 68.6 Å². The molecule has 3 aliphatic rings. The molecule has 3 amide bonds. The molecule has 5 rings (SSSR count). The normalized spacial score (nSPS) is 24.3. The van der Waals surface area contributed by atoms with Crippen LogP contribution >= 0.6 is 0 Å². The van der Waals surface area contributed by atoms with E-state index in [1.807, 2.05) is 18.7 Å². The second kappa shape index (κ2) is 8.58. The first-order valence-electron chi connectivity index (χ1n) is 12.3. The highest BCUT2D eigenvalue weighted by atomic mass is 19.1. The first-order valence-corrected chi connectivity index (χ1v) is 12.3. The number of fused-ring (bicyclic) bond motifs is 1. The third kappa shape index (κ3) is 3.97. The zero-order chi connectivity index (χ0) is 25.1. The van der Waals surface area contributed by atoms with Crippen LogP contribution in [0.4, 0.5) is 19.4 Å². The molecule has 10 heteroatoms. The van der Waals surface area contributed by atoms with Crippen molar-refractivity contribution in [3.05, 3.63) is 46.7 Å². The molecule has 2 atom stereocenters. The highest BCUT2D eigenvalue weighted by molar-refractivity contribution is 6.04. The number of piperazine rings is 1. The summed E-state index contributed by atoms with van der Waals surface area (Å²) >= 11 is 0. The smallest absolute Gasteiger partial charge is 0.319 e. The fourth-order valence-electron chi connectivity index (χ4n) is 5.58. The predicted octanol–water partition coefficient (Wildman–Crippen LogP) is 4.06. The van der Waals surface area contributed by atoms with Gasteiger partial charge in [-0.2, -0.15) is 5.10 Å². The molecule has 2 fully saturated rings. The summed E-state index contributed by atoms with van der Waals surface area (Å²) in [5.74, 6) is -2.19. The number of anilines is 1. The van der Waals surface area contributed by atoms with E-state index in [9.17, 15) is 18.4 Å². The summed E-state index contributed by atoms with van der Waals surface area (Å²) in [7, 11) is 0. The van der Waals surface area contributed by atoms with Crippen molar-refractivity contribution in [2.24, 2.45) is 0 Å². The second-order valence-electron chi connectivity index (χ2n) is 10.6.